The van der Waals surface area contributed by atoms with Crippen LogP contribution in [-0.4, -0.2) is 68.5 Å². The van der Waals surface area contributed by atoms with Crippen LogP contribution in [0.5, 0.6) is 5.75 Å². The molecule has 1 aliphatic heterocycles. The number of aliphatic carboxylic acids is 1. The van der Waals surface area contributed by atoms with Crippen molar-refractivity contribution in [2.45, 2.75) is 25.5 Å². The molecule has 1 N–H and O–H groups in total. The molecule has 2 unspecified atom stereocenters. The molecular formula is C22H22AsNO7. The molecule has 8 nitrogen and oxygen atoms in total. The number of fused-ring (bicyclic) bond motifs is 1. The van der Waals surface area contributed by atoms with Gasteiger partial charge in [0.2, 0.25) is 0 Å². The fourth-order valence-electron chi connectivity index (χ4n) is 3.31. The van der Waals surface area contributed by atoms with Crippen LogP contribution < -0.4 is 4.74 Å². The van der Waals surface area contributed by atoms with Crippen LogP contribution in [0.25, 0.3) is 0 Å². The number of carboxylic acids is 1. The van der Waals surface area contributed by atoms with Crippen molar-refractivity contribution in [3.05, 3.63) is 65.2 Å². The van der Waals surface area contributed by atoms with Gasteiger partial charge in [-0.3, -0.25) is 0 Å². The third-order valence-corrected chi connectivity index (χ3v) is 5.58. The summed E-state index contributed by atoms with van der Waals surface area (Å²) in [7, 11) is 0. The summed E-state index contributed by atoms with van der Waals surface area (Å²) in [5.74, 6) is -2.14. The van der Waals surface area contributed by atoms with Crippen molar-refractivity contribution in [3.8, 4) is 5.75 Å². The first-order valence-corrected chi connectivity index (χ1v) is 10.9. The average Bonchev–Trinajstić information content (AvgIpc) is 3.00. The molecule has 0 spiro atoms. The molecule has 0 bridgehead atoms. The Kier molecular flexibility index (Phi) is 7.60. The predicted octanol–water partition coefficient (Wildman–Crippen LogP) is 1.27. The van der Waals surface area contributed by atoms with Gasteiger partial charge in [0.15, 0.2) is 0 Å². The molecule has 0 aromatic heterocycles. The van der Waals surface area contributed by atoms with Crippen molar-refractivity contribution >= 4 is 39.2 Å². The quantitative estimate of drug-likeness (QED) is 0.289. The van der Waals surface area contributed by atoms with Crippen molar-refractivity contribution in [2.75, 3.05) is 13.2 Å². The van der Waals surface area contributed by atoms with Gasteiger partial charge < -0.3 is 0 Å². The van der Waals surface area contributed by atoms with E-state index < -0.39 is 23.8 Å². The summed E-state index contributed by atoms with van der Waals surface area (Å²) in [6, 6.07) is 13.2. The maximum atomic E-state index is 13.0. The fourth-order valence-corrected chi connectivity index (χ4v) is 3.97. The number of carboxylic acid groups (broad SMARTS) is 1. The minimum atomic E-state index is -1.11. The molecular weight excluding hydrogens is 465 g/mol. The Balaban J connectivity index is 1.67. The molecule has 0 saturated carbocycles. The number of rotatable bonds is 11. The molecule has 9 heteroatoms. The van der Waals surface area contributed by atoms with Crippen LogP contribution in [0.15, 0.2) is 48.5 Å². The Hall–Kier alpha value is -2.96. The number of carbonyl (C=O) groups is 4. The summed E-state index contributed by atoms with van der Waals surface area (Å²) in [6.45, 7) is 0.874. The molecule has 0 saturated heterocycles. The monoisotopic (exact) mass is 487 g/mol. The second-order valence-corrected chi connectivity index (χ2v) is 8.09. The average molecular weight is 487 g/mol. The number of hydrogen-bond acceptors (Lipinski definition) is 6. The van der Waals surface area contributed by atoms with E-state index in [-0.39, 0.29) is 47.5 Å². The van der Waals surface area contributed by atoms with Gasteiger partial charge in [0.1, 0.15) is 0 Å². The Morgan fingerprint density at radius 1 is 1.00 bits per heavy atom. The number of hydrogen-bond donors (Lipinski definition) is 1. The number of benzene rings is 2. The van der Waals surface area contributed by atoms with Crippen LogP contribution in [0, 0.1) is 0 Å². The molecule has 0 radical (unpaired) electrons. The van der Waals surface area contributed by atoms with Gasteiger partial charge >= 0.3 is 157 Å². The van der Waals surface area contributed by atoms with E-state index in [0.29, 0.717) is 6.61 Å². The van der Waals surface area contributed by atoms with Crippen molar-refractivity contribution in [3.63, 3.8) is 0 Å². The molecule has 3 rings (SSSR count). The second-order valence-electron chi connectivity index (χ2n) is 6.90. The standard InChI is InChI=1S/C22H22AsNO7/c23-20(27)16(9-10-18(25)26)24-21(28)15-7-4-8-17(19(15)22(24)29)31-12-11-30-13-14-5-2-1-3-6-14/h1-8,16H,9-13,23H2,(H,25,26). The van der Waals surface area contributed by atoms with E-state index in [2.05, 4.69) is 0 Å². The van der Waals surface area contributed by atoms with Gasteiger partial charge in [-0.25, -0.2) is 0 Å². The van der Waals surface area contributed by atoms with Crippen molar-refractivity contribution in [1.82, 2.24) is 4.90 Å². The van der Waals surface area contributed by atoms with Crippen LogP contribution >= 0.6 is 0 Å². The van der Waals surface area contributed by atoms with Crippen molar-refractivity contribution in [2.24, 2.45) is 0 Å². The predicted molar refractivity (Wildman–Crippen MR) is 113 cm³/mol. The third-order valence-electron chi connectivity index (χ3n) is 4.78. The number of ether oxygens (including phenoxy) is 2. The third kappa shape index (κ3) is 5.40. The van der Waals surface area contributed by atoms with Crippen LogP contribution in [0.4, 0.5) is 0 Å². The summed E-state index contributed by atoms with van der Waals surface area (Å²) in [6.07, 6.45) is -0.447. The van der Waals surface area contributed by atoms with E-state index in [4.69, 9.17) is 14.6 Å². The second kappa shape index (κ2) is 10.4. The maximum absolute atomic E-state index is 13.0. The van der Waals surface area contributed by atoms with E-state index in [9.17, 15) is 19.2 Å². The number of amides is 2. The molecule has 2 atom stereocenters. The van der Waals surface area contributed by atoms with Gasteiger partial charge in [-0.1, -0.05) is 30.3 Å². The van der Waals surface area contributed by atoms with Gasteiger partial charge in [0.05, 0.1) is 0 Å². The van der Waals surface area contributed by atoms with E-state index >= 15 is 0 Å². The zero-order valence-corrected chi connectivity index (χ0v) is 19.1. The Labute approximate surface area is 187 Å². The normalized spacial score (nSPS) is 13.8. The molecule has 2 aromatic carbocycles. The summed E-state index contributed by atoms with van der Waals surface area (Å²) < 4.78 is 10.9. The molecule has 0 aliphatic carbocycles. The molecule has 31 heavy (non-hydrogen) atoms. The number of carbonyl (C=O) groups excluding carboxylic acids is 3. The fraction of sp³-hybridized carbons (Fsp3) is 0.273. The Morgan fingerprint density at radius 3 is 2.42 bits per heavy atom. The van der Waals surface area contributed by atoms with Crippen LogP contribution in [0.2, 0.25) is 0 Å². The summed E-state index contributed by atoms with van der Waals surface area (Å²) in [5.41, 5.74) is 1.25. The van der Waals surface area contributed by atoms with Gasteiger partial charge in [0.25, 0.3) is 0 Å². The van der Waals surface area contributed by atoms with Crippen LogP contribution in [0.3, 0.4) is 0 Å². The Morgan fingerprint density at radius 2 is 1.74 bits per heavy atom. The summed E-state index contributed by atoms with van der Waals surface area (Å²) >= 11 is 0.721. The molecule has 0 fully saturated rings. The summed E-state index contributed by atoms with van der Waals surface area (Å²) in [5, 5.41) is 8.92. The van der Waals surface area contributed by atoms with Gasteiger partial charge in [-0.15, -0.1) is 0 Å². The van der Waals surface area contributed by atoms with Gasteiger partial charge in [-0.2, -0.15) is 0 Å². The zero-order valence-electron chi connectivity index (χ0n) is 16.7. The zero-order chi connectivity index (χ0) is 22.4. The number of imide groups is 1. The number of nitrogens with zero attached hydrogens (tertiary/aromatic N) is 1. The molecule has 1 aliphatic rings. The molecule has 162 valence electrons. The van der Waals surface area contributed by atoms with Gasteiger partial charge in [-0.05, 0) is 0 Å². The summed E-state index contributed by atoms with van der Waals surface area (Å²) in [4.78, 5) is 49.7. The van der Waals surface area contributed by atoms with E-state index in [1.165, 1.54) is 6.07 Å². The SMILES string of the molecule is O=C(O)CCC(C(=O)[AsH2])N1C(=O)c2cccc(OCCOCc3ccccc3)c2C1=O. The van der Waals surface area contributed by atoms with Gasteiger partial charge in [0, 0.05) is 0 Å². The van der Waals surface area contributed by atoms with E-state index in [0.717, 1.165) is 27.3 Å². The molecule has 2 aromatic rings. The van der Waals surface area contributed by atoms with E-state index in [1.807, 2.05) is 30.3 Å². The van der Waals surface area contributed by atoms with Crippen LogP contribution in [-0.2, 0) is 20.9 Å². The first-order chi connectivity index (χ1) is 14.9. The topological polar surface area (TPSA) is 110 Å². The first-order valence-electron chi connectivity index (χ1n) is 9.66. The first kappa shape index (κ1) is 22.7. The van der Waals surface area contributed by atoms with Crippen LogP contribution in [0.1, 0.15) is 39.1 Å². The minimum absolute atomic E-state index is 0.0876. The Bertz CT molecular complexity index is 993. The molecule has 2 amide bonds. The molecule has 1 heterocycles. The van der Waals surface area contributed by atoms with Crippen molar-refractivity contribution in [1.29, 1.82) is 0 Å². The van der Waals surface area contributed by atoms with Crippen molar-refractivity contribution < 1.29 is 33.8 Å². The van der Waals surface area contributed by atoms with E-state index in [1.54, 1.807) is 12.1 Å².